The van der Waals surface area contributed by atoms with Crippen LogP contribution in [0.15, 0.2) is 23.1 Å². The summed E-state index contributed by atoms with van der Waals surface area (Å²) in [7, 11) is -3.35. The van der Waals surface area contributed by atoms with Crippen molar-refractivity contribution in [3.05, 3.63) is 23.8 Å². The van der Waals surface area contributed by atoms with Crippen LogP contribution in [0.3, 0.4) is 0 Å². The predicted molar refractivity (Wildman–Crippen MR) is 71.2 cm³/mol. The molecule has 3 N–H and O–H groups in total. The fourth-order valence-corrected chi connectivity index (χ4v) is 3.07. The quantitative estimate of drug-likeness (QED) is 0.787. The van der Waals surface area contributed by atoms with Gasteiger partial charge in [-0.05, 0) is 31.5 Å². The van der Waals surface area contributed by atoms with Gasteiger partial charge in [-0.1, -0.05) is 6.92 Å². The van der Waals surface area contributed by atoms with Gasteiger partial charge in [0.2, 0.25) is 0 Å². The second-order valence-electron chi connectivity index (χ2n) is 3.93. The monoisotopic (exact) mass is 270 g/mol. The van der Waals surface area contributed by atoms with E-state index in [1.807, 2.05) is 0 Å². The average molecular weight is 270 g/mol. The predicted octanol–water partition coefficient (Wildman–Crippen LogP) is 1.20. The minimum Gasteiger partial charge on any atom is -0.398 e. The number of benzene rings is 1. The lowest BCUT2D eigenvalue weighted by Gasteiger charge is -2.08. The van der Waals surface area contributed by atoms with Crippen LogP contribution in [0.2, 0.25) is 0 Å². The van der Waals surface area contributed by atoms with Gasteiger partial charge in [0.25, 0.3) is 5.91 Å². The molecule has 6 heteroatoms. The van der Waals surface area contributed by atoms with Gasteiger partial charge >= 0.3 is 0 Å². The minimum atomic E-state index is -3.35. The molecule has 1 aromatic rings. The molecule has 0 radical (unpaired) electrons. The van der Waals surface area contributed by atoms with Crippen molar-refractivity contribution in [2.24, 2.45) is 0 Å². The molecular weight excluding hydrogens is 252 g/mol. The Bertz CT molecular complexity index is 538. The highest BCUT2D eigenvalue weighted by Gasteiger charge is 2.17. The number of hydrogen-bond acceptors (Lipinski definition) is 4. The summed E-state index contributed by atoms with van der Waals surface area (Å²) in [6, 6.07) is 4.27. The number of nitrogen functional groups attached to an aromatic ring is 1. The smallest absolute Gasteiger partial charge is 0.251 e. The molecule has 0 aliphatic heterocycles. The third kappa shape index (κ3) is 3.22. The number of anilines is 1. The Hall–Kier alpha value is -1.56. The molecule has 0 aliphatic rings. The molecule has 0 unspecified atom stereocenters. The van der Waals surface area contributed by atoms with E-state index in [2.05, 4.69) is 5.32 Å². The molecule has 5 nitrogen and oxygen atoms in total. The highest BCUT2D eigenvalue weighted by atomic mass is 32.2. The lowest BCUT2D eigenvalue weighted by Crippen LogP contribution is -2.23. The molecule has 0 heterocycles. The van der Waals surface area contributed by atoms with Crippen LogP contribution in [-0.4, -0.2) is 26.6 Å². The maximum Gasteiger partial charge on any atom is 0.251 e. The Kier molecular flexibility index (Phi) is 4.72. The second-order valence-corrected chi connectivity index (χ2v) is 6.01. The number of nitrogens with two attached hydrogens (primary N) is 1. The maximum absolute atomic E-state index is 11.9. The van der Waals surface area contributed by atoms with E-state index in [4.69, 9.17) is 5.73 Å². The summed E-state index contributed by atoms with van der Waals surface area (Å²) in [5.41, 5.74) is 6.20. The van der Waals surface area contributed by atoms with Crippen LogP contribution in [0.25, 0.3) is 0 Å². The summed E-state index contributed by atoms with van der Waals surface area (Å²) >= 11 is 0. The number of carbonyl (C=O) groups is 1. The van der Waals surface area contributed by atoms with Gasteiger partial charge in [0.1, 0.15) is 0 Å². The zero-order chi connectivity index (χ0) is 13.8. The highest BCUT2D eigenvalue weighted by Crippen LogP contribution is 2.21. The van der Waals surface area contributed by atoms with Gasteiger partial charge in [0.05, 0.1) is 16.3 Å². The van der Waals surface area contributed by atoms with Crippen molar-refractivity contribution in [2.45, 2.75) is 25.2 Å². The van der Waals surface area contributed by atoms with Gasteiger partial charge in [-0.2, -0.15) is 0 Å². The summed E-state index contributed by atoms with van der Waals surface area (Å²) in [5, 5.41) is 2.63. The Morgan fingerprint density at radius 1 is 1.33 bits per heavy atom. The first-order chi connectivity index (χ1) is 8.42. The van der Waals surface area contributed by atoms with E-state index >= 15 is 0 Å². The van der Waals surface area contributed by atoms with Crippen molar-refractivity contribution in [3.63, 3.8) is 0 Å². The van der Waals surface area contributed by atoms with Gasteiger partial charge in [-0.15, -0.1) is 0 Å². The Morgan fingerprint density at radius 2 is 2.00 bits per heavy atom. The van der Waals surface area contributed by atoms with Crippen LogP contribution in [0.4, 0.5) is 5.69 Å². The van der Waals surface area contributed by atoms with E-state index in [1.54, 1.807) is 13.8 Å². The lowest BCUT2D eigenvalue weighted by atomic mass is 10.2. The summed E-state index contributed by atoms with van der Waals surface area (Å²) in [5.74, 6) is -0.207. The number of amides is 1. The zero-order valence-electron chi connectivity index (χ0n) is 10.6. The van der Waals surface area contributed by atoms with Crippen LogP contribution < -0.4 is 11.1 Å². The van der Waals surface area contributed by atoms with E-state index in [1.165, 1.54) is 18.2 Å². The molecule has 0 bridgehead atoms. The van der Waals surface area contributed by atoms with Crippen LogP contribution in [0, 0.1) is 0 Å². The van der Waals surface area contributed by atoms with Crippen molar-refractivity contribution >= 4 is 21.4 Å². The topological polar surface area (TPSA) is 89.3 Å². The number of hydrogen-bond donors (Lipinski definition) is 2. The van der Waals surface area contributed by atoms with Crippen molar-refractivity contribution in [2.75, 3.05) is 18.0 Å². The molecule has 0 spiro atoms. The van der Waals surface area contributed by atoms with E-state index in [9.17, 15) is 13.2 Å². The van der Waals surface area contributed by atoms with Gasteiger partial charge in [0.15, 0.2) is 9.84 Å². The summed E-state index contributed by atoms with van der Waals surface area (Å²) in [6.45, 7) is 4.10. The molecule has 1 amide bonds. The fraction of sp³-hybridized carbons (Fsp3) is 0.417. The molecule has 0 atom stereocenters. The molecule has 100 valence electrons. The number of rotatable bonds is 5. The second kappa shape index (κ2) is 5.86. The molecule has 0 aromatic heterocycles. The molecule has 0 aliphatic carbocycles. The van der Waals surface area contributed by atoms with Crippen molar-refractivity contribution < 1.29 is 13.2 Å². The third-order valence-corrected chi connectivity index (χ3v) is 4.40. The Morgan fingerprint density at radius 3 is 2.50 bits per heavy atom. The van der Waals surface area contributed by atoms with E-state index < -0.39 is 9.84 Å². The number of carbonyl (C=O) groups excluding carboxylic acids is 1. The largest absolute Gasteiger partial charge is 0.398 e. The number of nitrogens with one attached hydrogen (secondary N) is 1. The molecule has 0 saturated heterocycles. The molecular formula is C12H18N2O3S. The van der Waals surface area contributed by atoms with E-state index in [-0.39, 0.29) is 22.2 Å². The van der Waals surface area contributed by atoms with Crippen molar-refractivity contribution in [1.82, 2.24) is 5.32 Å². The molecule has 0 saturated carbocycles. The van der Waals surface area contributed by atoms with E-state index in [0.717, 1.165) is 0 Å². The molecule has 1 rings (SSSR count). The zero-order valence-corrected chi connectivity index (χ0v) is 11.4. The first-order valence-corrected chi connectivity index (χ1v) is 7.48. The van der Waals surface area contributed by atoms with Crippen molar-refractivity contribution in [1.29, 1.82) is 0 Å². The van der Waals surface area contributed by atoms with Crippen molar-refractivity contribution in [3.8, 4) is 0 Å². The van der Waals surface area contributed by atoms with Gasteiger partial charge < -0.3 is 11.1 Å². The standard InChI is InChI=1S/C12H18N2O3S/c1-3-7-18(16,17)11-6-5-9(8-10(11)13)12(15)14-4-2/h5-6,8H,3-4,7,13H2,1-2H3,(H,14,15). The van der Waals surface area contributed by atoms with Crippen LogP contribution in [0.5, 0.6) is 0 Å². The van der Waals surface area contributed by atoms with E-state index in [0.29, 0.717) is 18.5 Å². The van der Waals surface area contributed by atoms with Crippen LogP contribution in [-0.2, 0) is 9.84 Å². The first-order valence-electron chi connectivity index (χ1n) is 5.82. The normalized spacial score (nSPS) is 11.2. The summed E-state index contributed by atoms with van der Waals surface area (Å²) < 4.78 is 23.8. The van der Waals surface area contributed by atoms with Crippen LogP contribution >= 0.6 is 0 Å². The minimum absolute atomic E-state index is 0.0533. The highest BCUT2D eigenvalue weighted by molar-refractivity contribution is 7.91. The fourth-order valence-electron chi connectivity index (χ4n) is 1.61. The van der Waals surface area contributed by atoms with Crippen LogP contribution in [0.1, 0.15) is 30.6 Å². The maximum atomic E-state index is 11.9. The van der Waals surface area contributed by atoms with Gasteiger partial charge in [-0.3, -0.25) is 4.79 Å². The molecule has 1 aromatic carbocycles. The molecule has 18 heavy (non-hydrogen) atoms. The van der Waals surface area contributed by atoms with Gasteiger partial charge in [-0.25, -0.2) is 8.42 Å². The average Bonchev–Trinajstić information content (AvgIpc) is 2.28. The Labute approximate surface area is 107 Å². The summed E-state index contributed by atoms with van der Waals surface area (Å²) in [4.78, 5) is 11.7. The molecule has 0 fully saturated rings. The number of sulfone groups is 1. The summed E-state index contributed by atoms with van der Waals surface area (Å²) in [6.07, 6.45) is 0.528. The lowest BCUT2D eigenvalue weighted by molar-refractivity contribution is 0.0956. The van der Waals surface area contributed by atoms with Gasteiger partial charge in [0, 0.05) is 12.1 Å². The third-order valence-electron chi connectivity index (χ3n) is 2.42. The first kappa shape index (κ1) is 14.5. The Balaban J connectivity index is 3.11. The SMILES string of the molecule is CCCS(=O)(=O)c1ccc(C(=O)NCC)cc1N.